The molecule has 0 saturated carbocycles. The Morgan fingerprint density at radius 2 is 1.76 bits per heavy atom. The van der Waals surface area contributed by atoms with Crippen molar-refractivity contribution in [1.29, 1.82) is 0 Å². The fraction of sp³-hybridized carbons (Fsp3) is 0.500. The zero-order valence-electron chi connectivity index (χ0n) is 20.6. The number of fused-ring (bicyclic) bond motifs is 1. The van der Waals surface area contributed by atoms with E-state index < -0.39 is 5.60 Å². The summed E-state index contributed by atoms with van der Waals surface area (Å²) < 4.78 is 11.2. The summed E-state index contributed by atoms with van der Waals surface area (Å²) >= 11 is 0. The number of likely N-dealkylation sites (tertiary alicyclic amines) is 1. The first-order valence-electron chi connectivity index (χ1n) is 11.8. The van der Waals surface area contributed by atoms with E-state index in [2.05, 4.69) is 15.2 Å². The van der Waals surface area contributed by atoms with Crippen molar-refractivity contribution in [1.82, 2.24) is 9.88 Å². The van der Waals surface area contributed by atoms with Crippen LogP contribution >= 0.6 is 0 Å². The molecule has 2 fully saturated rings. The number of anilines is 2. The van der Waals surface area contributed by atoms with Gasteiger partial charge in [-0.3, -0.25) is 9.78 Å². The van der Waals surface area contributed by atoms with Gasteiger partial charge in [0, 0.05) is 56.0 Å². The molecular weight excluding hydrogens is 432 g/mol. The molecule has 8 nitrogen and oxygen atoms in total. The van der Waals surface area contributed by atoms with E-state index in [1.54, 1.807) is 12.4 Å². The van der Waals surface area contributed by atoms with Gasteiger partial charge in [0.1, 0.15) is 11.4 Å². The average Bonchev–Trinajstić information content (AvgIpc) is 3.32. The summed E-state index contributed by atoms with van der Waals surface area (Å²) in [7, 11) is 0. The highest BCUT2D eigenvalue weighted by atomic mass is 16.6. The number of hydrogen-bond acceptors (Lipinski definition) is 6. The van der Waals surface area contributed by atoms with Crippen molar-refractivity contribution >= 4 is 23.4 Å². The van der Waals surface area contributed by atoms with E-state index in [0.717, 1.165) is 18.8 Å². The largest absolute Gasteiger partial charge is 0.491 e. The molecule has 0 radical (unpaired) electrons. The Morgan fingerprint density at radius 3 is 2.41 bits per heavy atom. The maximum atomic E-state index is 12.9. The third-order valence-corrected chi connectivity index (χ3v) is 5.95. The Kier molecular flexibility index (Phi) is 6.68. The van der Waals surface area contributed by atoms with Crippen molar-refractivity contribution in [2.24, 2.45) is 11.8 Å². The predicted octanol–water partition coefficient (Wildman–Crippen LogP) is 4.42. The number of nitrogens with zero attached hydrogens (tertiary/aromatic N) is 3. The number of pyridine rings is 1. The number of ether oxygens (including phenoxy) is 2. The van der Waals surface area contributed by atoms with Gasteiger partial charge in [-0.25, -0.2) is 4.79 Å². The quantitative estimate of drug-likeness (QED) is 0.702. The number of rotatable bonds is 5. The minimum absolute atomic E-state index is 0.0583. The van der Waals surface area contributed by atoms with Crippen molar-refractivity contribution < 1.29 is 19.1 Å². The molecule has 2 saturated heterocycles. The lowest BCUT2D eigenvalue weighted by atomic mass is 10.0. The van der Waals surface area contributed by atoms with E-state index in [9.17, 15) is 9.59 Å². The molecule has 2 amide bonds. The van der Waals surface area contributed by atoms with Gasteiger partial charge in [0.2, 0.25) is 0 Å². The molecule has 1 aromatic heterocycles. The highest BCUT2D eigenvalue weighted by Gasteiger charge is 2.42. The summed E-state index contributed by atoms with van der Waals surface area (Å²) in [5, 5.41) is 2.93. The van der Waals surface area contributed by atoms with E-state index in [0.29, 0.717) is 41.9 Å². The summed E-state index contributed by atoms with van der Waals surface area (Å²) in [6.45, 7) is 12.6. The Balaban J connectivity index is 1.37. The van der Waals surface area contributed by atoms with Gasteiger partial charge in [0.05, 0.1) is 23.6 Å². The normalized spacial score (nSPS) is 19.8. The molecule has 0 spiro atoms. The smallest absolute Gasteiger partial charge is 0.410 e. The first-order chi connectivity index (χ1) is 16.1. The lowest BCUT2D eigenvalue weighted by Crippen LogP contribution is -2.37. The van der Waals surface area contributed by atoms with Crippen molar-refractivity contribution in [3.63, 3.8) is 0 Å². The Bertz CT molecular complexity index is 1040. The van der Waals surface area contributed by atoms with Gasteiger partial charge in [-0.2, -0.15) is 0 Å². The molecule has 2 atom stereocenters. The van der Waals surface area contributed by atoms with Crippen molar-refractivity contribution in [3.8, 4) is 5.75 Å². The molecule has 0 aliphatic carbocycles. The number of amides is 2. The number of benzene rings is 1. The van der Waals surface area contributed by atoms with Gasteiger partial charge in [-0.1, -0.05) is 6.07 Å². The van der Waals surface area contributed by atoms with Crippen molar-refractivity contribution in [3.05, 3.63) is 48.3 Å². The minimum Gasteiger partial charge on any atom is -0.491 e. The summed E-state index contributed by atoms with van der Waals surface area (Å²) in [6, 6.07) is 9.24. The number of hydrogen-bond donors (Lipinski definition) is 1. The van der Waals surface area contributed by atoms with Gasteiger partial charge >= 0.3 is 6.09 Å². The molecular formula is C26H34N4O4. The molecule has 2 aromatic rings. The van der Waals surface area contributed by atoms with Gasteiger partial charge in [-0.15, -0.1) is 0 Å². The second-order valence-corrected chi connectivity index (χ2v) is 10.4. The Morgan fingerprint density at radius 1 is 1.06 bits per heavy atom. The first-order valence-corrected chi connectivity index (χ1v) is 11.8. The lowest BCUT2D eigenvalue weighted by molar-refractivity contribution is 0.0282. The number of carbonyl (C=O) groups excluding carboxylic acids is 2. The molecule has 34 heavy (non-hydrogen) atoms. The molecule has 8 heteroatoms. The van der Waals surface area contributed by atoms with Crippen LogP contribution in [0.5, 0.6) is 5.75 Å². The van der Waals surface area contributed by atoms with E-state index in [4.69, 9.17) is 9.47 Å². The van der Waals surface area contributed by atoms with Crippen LogP contribution in [0.25, 0.3) is 0 Å². The fourth-order valence-electron chi connectivity index (χ4n) is 4.53. The zero-order chi connectivity index (χ0) is 24.5. The van der Waals surface area contributed by atoms with E-state index in [1.165, 1.54) is 0 Å². The topological polar surface area (TPSA) is 84.0 Å². The van der Waals surface area contributed by atoms with Crippen LogP contribution in [0.15, 0.2) is 42.7 Å². The number of aromatic nitrogens is 1. The van der Waals surface area contributed by atoms with Crippen molar-refractivity contribution in [2.75, 3.05) is 36.4 Å². The maximum absolute atomic E-state index is 12.9. The molecule has 4 rings (SSSR count). The molecule has 1 aromatic carbocycles. The van der Waals surface area contributed by atoms with Crippen LogP contribution in [0.3, 0.4) is 0 Å². The highest BCUT2D eigenvalue weighted by Crippen LogP contribution is 2.34. The summed E-state index contributed by atoms with van der Waals surface area (Å²) in [6.07, 6.45) is 3.19. The fourth-order valence-corrected chi connectivity index (χ4v) is 4.53. The van der Waals surface area contributed by atoms with Crippen LogP contribution in [-0.2, 0) is 4.74 Å². The molecule has 3 heterocycles. The van der Waals surface area contributed by atoms with Crippen LogP contribution in [0, 0.1) is 11.8 Å². The van der Waals surface area contributed by atoms with Crippen LogP contribution in [-0.4, -0.2) is 59.8 Å². The van der Waals surface area contributed by atoms with Crippen LogP contribution < -0.4 is 15.0 Å². The van der Waals surface area contributed by atoms with Gasteiger partial charge < -0.3 is 24.6 Å². The van der Waals surface area contributed by atoms with Gasteiger partial charge in [0.25, 0.3) is 5.91 Å². The molecule has 0 bridgehead atoms. The molecule has 2 aliphatic rings. The molecule has 1 N–H and O–H groups in total. The number of carbonyl (C=O) groups is 2. The van der Waals surface area contributed by atoms with Gasteiger partial charge in [-0.05, 0) is 52.8 Å². The molecule has 182 valence electrons. The molecule has 2 aliphatic heterocycles. The van der Waals surface area contributed by atoms with Crippen LogP contribution in [0.2, 0.25) is 0 Å². The predicted molar refractivity (Wildman–Crippen MR) is 131 cm³/mol. The Labute approximate surface area is 201 Å². The highest BCUT2D eigenvalue weighted by molar-refractivity contribution is 6.04. The average molecular weight is 467 g/mol. The maximum Gasteiger partial charge on any atom is 0.410 e. The summed E-state index contributed by atoms with van der Waals surface area (Å²) in [4.78, 5) is 33.7. The van der Waals surface area contributed by atoms with E-state index in [1.807, 2.05) is 69.9 Å². The monoisotopic (exact) mass is 466 g/mol. The molecule has 2 unspecified atom stereocenters. The number of nitrogens with one attached hydrogen (secondary N) is 1. The minimum atomic E-state index is -0.490. The summed E-state index contributed by atoms with van der Waals surface area (Å²) in [5.74, 6) is 1.26. The Hall–Kier alpha value is -3.29. The lowest BCUT2D eigenvalue weighted by Gasteiger charge is -2.26. The van der Waals surface area contributed by atoms with Gasteiger partial charge in [0.15, 0.2) is 0 Å². The SMILES string of the molecule is CC(C)Oc1cccc(NC(=O)c2cncc(N3CC4CN(C(=O)OC(C)(C)C)CC4C3)c2)c1. The van der Waals surface area contributed by atoms with E-state index in [-0.39, 0.29) is 18.1 Å². The summed E-state index contributed by atoms with van der Waals surface area (Å²) in [5.41, 5.74) is 1.60. The third kappa shape index (κ3) is 5.79. The van der Waals surface area contributed by atoms with Crippen LogP contribution in [0.4, 0.5) is 16.2 Å². The zero-order valence-corrected chi connectivity index (χ0v) is 20.6. The van der Waals surface area contributed by atoms with E-state index >= 15 is 0 Å². The van der Waals surface area contributed by atoms with Crippen molar-refractivity contribution in [2.45, 2.75) is 46.3 Å². The standard InChI is InChI=1S/C26H34N4O4/c1-17(2)33-23-8-6-7-21(10-23)28-24(31)18-9-22(12-27-11-18)29-13-19-15-30(16-20(19)14-29)25(32)34-26(3,4)5/h6-12,17,19-20H,13-16H2,1-5H3,(H,28,31). The van der Waals surface area contributed by atoms with Crippen LogP contribution in [0.1, 0.15) is 45.0 Å². The first kappa shape index (κ1) is 23.9. The second kappa shape index (κ2) is 9.52. The second-order valence-electron chi connectivity index (χ2n) is 10.4. The third-order valence-electron chi connectivity index (χ3n) is 5.95.